The largest absolute Gasteiger partial charge is 0.348 e. The summed E-state index contributed by atoms with van der Waals surface area (Å²) in [6, 6.07) is 7.86. The SMILES string of the molecule is CC#CCN1CCC(NC(=O)c2n[nH]c3ccc(-c4cncc(NC(=O)C5CC5)c4)cc23)CC1. The molecule has 2 aliphatic rings. The van der Waals surface area contributed by atoms with E-state index in [1.54, 1.807) is 12.4 Å². The molecule has 0 radical (unpaired) electrons. The van der Waals surface area contributed by atoms with Gasteiger partial charge in [0.25, 0.3) is 5.91 Å². The highest BCUT2D eigenvalue weighted by molar-refractivity contribution is 6.05. The maximum atomic E-state index is 13.0. The van der Waals surface area contributed by atoms with Crippen LogP contribution in [-0.2, 0) is 4.79 Å². The van der Waals surface area contributed by atoms with E-state index in [9.17, 15) is 9.59 Å². The lowest BCUT2D eigenvalue weighted by molar-refractivity contribution is -0.117. The van der Waals surface area contributed by atoms with Gasteiger partial charge in [0.05, 0.1) is 23.9 Å². The zero-order valence-electron chi connectivity index (χ0n) is 19.2. The van der Waals surface area contributed by atoms with Crippen molar-refractivity contribution in [3.05, 3.63) is 42.4 Å². The number of H-pyrrole nitrogens is 1. The molecular formula is C26H28N6O2. The van der Waals surface area contributed by atoms with Gasteiger partial charge in [-0.25, -0.2) is 0 Å². The first-order chi connectivity index (χ1) is 16.6. The zero-order chi connectivity index (χ0) is 23.5. The second kappa shape index (κ2) is 9.65. The molecule has 2 amide bonds. The van der Waals surface area contributed by atoms with Crippen LogP contribution in [0.4, 0.5) is 5.69 Å². The van der Waals surface area contributed by atoms with Gasteiger partial charge >= 0.3 is 0 Å². The Bertz CT molecular complexity index is 1280. The van der Waals surface area contributed by atoms with Gasteiger partial charge in [-0.15, -0.1) is 5.92 Å². The fourth-order valence-corrected chi connectivity index (χ4v) is 4.30. The smallest absolute Gasteiger partial charge is 0.272 e. The summed E-state index contributed by atoms with van der Waals surface area (Å²) in [5, 5.41) is 14.1. The number of nitrogens with one attached hydrogen (secondary N) is 3. The Labute approximate surface area is 198 Å². The monoisotopic (exact) mass is 456 g/mol. The Morgan fingerprint density at radius 2 is 1.94 bits per heavy atom. The van der Waals surface area contributed by atoms with Crippen LogP contribution in [0, 0.1) is 17.8 Å². The van der Waals surface area contributed by atoms with Crippen LogP contribution in [0.3, 0.4) is 0 Å². The Balaban J connectivity index is 1.30. The van der Waals surface area contributed by atoms with Crippen molar-refractivity contribution in [1.82, 2.24) is 25.4 Å². The van der Waals surface area contributed by atoms with Gasteiger partial charge in [-0.3, -0.25) is 24.6 Å². The van der Waals surface area contributed by atoms with E-state index >= 15 is 0 Å². The maximum Gasteiger partial charge on any atom is 0.272 e. The summed E-state index contributed by atoms with van der Waals surface area (Å²) >= 11 is 0. The minimum Gasteiger partial charge on any atom is -0.348 e. The number of nitrogens with zero attached hydrogens (tertiary/aromatic N) is 3. The molecule has 0 atom stereocenters. The van der Waals surface area contributed by atoms with Crippen molar-refractivity contribution in [3.8, 4) is 23.0 Å². The minimum absolute atomic E-state index is 0.0484. The molecule has 3 N–H and O–H groups in total. The minimum atomic E-state index is -0.168. The van der Waals surface area contributed by atoms with Gasteiger partial charge in [0.15, 0.2) is 5.69 Å². The molecule has 0 spiro atoms. The van der Waals surface area contributed by atoms with Crippen LogP contribution in [0.1, 0.15) is 43.1 Å². The molecule has 174 valence electrons. The number of anilines is 1. The fourth-order valence-electron chi connectivity index (χ4n) is 4.30. The number of fused-ring (bicyclic) bond motifs is 1. The molecule has 5 rings (SSSR count). The number of aromatic nitrogens is 3. The Kier molecular flexibility index (Phi) is 6.28. The van der Waals surface area contributed by atoms with E-state index < -0.39 is 0 Å². The number of amides is 2. The quantitative estimate of drug-likeness (QED) is 0.495. The molecule has 0 unspecified atom stereocenters. The van der Waals surface area contributed by atoms with E-state index in [-0.39, 0.29) is 23.8 Å². The summed E-state index contributed by atoms with van der Waals surface area (Å²) in [5.74, 6) is 6.05. The number of aromatic amines is 1. The van der Waals surface area contributed by atoms with Gasteiger partial charge in [0.2, 0.25) is 5.91 Å². The molecule has 1 saturated heterocycles. The van der Waals surface area contributed by atoms with E-state index in [2.05, 4.69) is 42.6 Å². The van der Waals surface area contributed by atoms with Crippen molar-refractivity contribution in [3.63, 3.8) is 0 Å². The molecule has 34 heavy (non-hydrogen) atoms. The highest BCUT2D eigenvalue weighted by atomic mass is 16.2. The third kappa shape index (κ3) is 4.95. The molecule has 2 aromatic heterocycles. The van der Waals surface area contributed by atoms with E-state index in [4.69, 9.17) is 0 Å². The molecule has 3 heterocycles. The Morgan fingerprint density at radius 1 is 1.12 bits per heavy atom. The van der Waals surface area contributed by atoms with E-state index in [0.29, 0.717) is 11.4 Å². The van der Waals surface area contributed by atoms with Gasteiger partial charge in [0, 0.05) is 42.2 Å². The number of hydrogen-bond acceptors (Lipinski definition) is 5. The molecule has 0 bridgehead atoms. The Morgan fingerprint density at radius 3 is 2.71 bits per heavy atom. The summed E-state index contributed by atoms with van der Waals surface area (Å²) < 4.78 is 0. The van der Waals surface area contributed by atoms with Crippen molar-refractivity contribution in [2.75, 3.05) is 25.0 Å². The van der Waals surface area contributed by atoms with Crippen LogP contribution < -0.4 is 10.6 Å². The summed E-state index contributed by atoms with van der Waals surface area (Å²) in [6.45, 7) is 4.48. The average Bonchev–Trinajstić information content (AvgIpc) is 3.63. The molecule has 3 aromatic rings. The second-order valence-electron chi connectivity index (χ2n) is 9.01. The molecule has 1 aliphatic heterocycles. The number of piperidine rings is 1. The van der Waals surface area contributed by atoms with Gasteiger partial charge in [-0.1, -0.05) is 12.0 Å². The zero-order valence-corrected chi connectivity index (χ0v) is 19.2. The third-order valence-corrected chi connectivity index (χ3v) is 6.47. The summed E-state index contributed by atoms with van der Waals surface area (Å²) in [4.78, 5) is 31.8. The van der Waals surface area contributed by atoms with Crippen LogP contribution in [0.2, 0.25) is 0 Å². The van der Waals surface area contributed by atoms with Crippen molar-refractivity contribution in [1.29, 1.82) is 0 Å². The molecule has 8 nitrogen and oxygen atoms in total. The summed E-state index contributed by atoms with van der Waals surface area (Å²) in [6.07, 6.45) is 7.11. The first-order valence-electron chi connectivity index (χ1n) is 11.8. The number of rotatable bonds is 6. The first-order valence-corrected chi connectivity index (χ1v) is 11.8. The summed E-state index contributed by atoms with van der Waals surface area (Å²) in [5.41, 5.74) is 3.64. The molecule has 1 aliphatic carbocycles. The third-order valence-electron chi connectivity index (χ3n) is 6.47. The van der Waals surface area contributed by atoms with Crippen molar-refractivity contribution in [2.24, 2.45) is 5.92 Å². The van der Waals surface area contributed by atoms with Crippen LogP contribution >= 0.6 is 0 Å². The molecule has 1 saturated carbocycles. The van der Waals surface area contributed by atoms with Gasteiger partial charge in [0.1, 0.15) is 0 Å². The van der Waals surface area contributed by atoms with E-state index in [0.717, 1.165) is 67.3 Å². The van der Waals surface area contributed by atoms with Crippen molar-refractivity contribution >= 4 is 28.4 Å². The number of benzene rings is 1. The normalized spacial score (nSPS) is 16.6. The number of pyridine rings is 1. The topological polar surface area (TPSA) is 103 Å². The predicted octanol–water partition coefficient (Wildman–Crippen LogP) is 3.19. The van der Waals surface area contributed by atoms with Crippen LogP contribution in [-0.4, -0.2) is 57.6 Å². The van der Waals surface area contributed by atoms with Crippen LogP contribution in [0.5, 0.6) is 0 Å². The lowest BCUT2D eigenvalue weighted by atomic mass is 10.0. The molecule has 8 heteroatoms. The fraction of sp³-hybridized carbons (Fsp3) is 0.385. The summed E-state index contributed by atoms with van der Waals surface area (Å²) in [7, 11) is 0. The van der Waals surface area contributed by atoms with E-state index in [1.165, 1.54) is 0 Å². The lowest BCUT2D eigenvalue weighted by Crippen LogP contribution is -2.44. The molecular weight excluding hydrogens is 428 g/mol. The highest BCUT2D eigenvalue weighted by Crippen LogP contribution is 2.31. The van der Waals surface area contributed by atoms with Crippen LogP contribution in [0.25, 0.3) is 22.0 Å². The number of likely N-dealkylation sites (tertiary alicyclic amines) is 1. The predicted molar refractivity (Wildman–Crippen MR) is 131 cm³/mol. The lowest BCUT2D eigenvalue weighted by Gasteiger charge is -2.30. The van der Waals surface area contributed by atoms with Gasteiger partial charge in [-0.05, 0) is 56.4 Å². The van der Waals surface area contributed by atoms with Crippen molar-refractivity contribution < 1.29 is 9.59 Å². The maximum absolute atomic E-state index is 13.0. The van der Waals surface area contributed by atoms with E-state index in [1.807, 2.05) is 31.2 Å². The van der Waals surface area contributed by atoms with Crippen LogP contribution in [0.15, 0.2) is 36.7 Å². The first kappa shape index (κ1) is 22.1. The van der Waals surface area contributed by atoms with Gasteiger partial charge < -0.3 is 10.6 Å². The number of hydrogen-bond donors (Lipinski definition) is 3. The standard InChI is InChI=1S/C26H28N6O2/c1-2-3-10-32-11-8-20(9-12-32)28-26(34)24-22-14-18(6-7-23(22)30-31-24)19-13-21(16-27-15-19)29-25(33)17-4-5-17/h6-7,13-17,20H,4-5,8-12H2,1H3,(H,28,34)(H,29,33)(H,30,31). The number of carbonyl (C=O) groups is 2. The number of carbonyl (C=O) groups excluding carboxylic acids is 2. The molecule has 1 aromatic carbocycles. The highest BCUT2D eigenvalue weighted by Gasteiger charge is 2.29. The molecule has 2 fully saturated rings. The van der Waals surface area contributed by atoms with Crippen molar-refractivity contribution in [2.45, 2.75) is 38.6 Å². The second-order valence-corrected chi connectivity index (χ2v) is 9.01. The average molecular weight is 457 g/mol. The Hall–Kier alpha value is -3.70. The van der Waals surface area contributed by atoms with Gasteiger partial charge in [-0.2, -0.15) is 5.10 Å².